The van der Waals surface area contributed by atoms with Crippen LogP contribution in [0.25, 0.3) is 0 Å². The maximum Gasteiger partial charge on any atom is 0.0329 e. The first-order valence-corrected chi connectivity index (χ1v) is 8.17. The second kappa shape index (κ2) is 8.16. The monoisotopic (exact) mass is 254 g/mol. The molecular formula is C16H34N2. The van der Waals surface area contributed by atoms with Crippen LogP contribution in [-0.2, 0) is 0 Å². The van der Waals surface area contributed by atoms with Gasteiger partial charge in [-0.05, 0) is 44.7 Å². The summed E-state index contributed by atoms with van der Waals surface area (Å²) >= 11 is 0. The molecule has 2 N–H and O–H groups in total. The van der Waals surface area contributed by atoms with E-state index in [-0.39, 0.29) is 0 Å². The largest absolute Gasteiger partial charge is 0.329 e. The average molecular weight is 254 g/mol. The van der Waals surface area contributed by atoms with Gasteiger partial charge in [0.05, 0.1) is 0 Å². The van der Waals surface area contributed by atoms with Crippen LogP contribution in [0.4, 0.5) is 0 Å². The van der Waals surface area contributed by atoms with Crippen molar-refractivity contribution in [3.05, 3.63) is 0 Å². The summed E-state index contributed by atoms with van der Waals surface area (Å²) in [7, 11) is 0. The van der Waals surface area contributed by atoms with Crippen LogP contribution in [0.15, 0.2) is 0 Å². The lowest BCUT2D eigenvalue weighted by Crippen LogP contribution is -2.56. The Kier molecular flexibility index (Phi) is 7.25. The summed E-state index contributed by atoms with van der Waals surface area (Å²) in [5, 5.41) is 0. The Hall–Kier alpha value is -0.0800. The van der Waals surface area contributed by atoms with Crippen molar-refractivity contribution in [1.29, 1.82) is 0 Å². The van der Waals surface area contributed by atoms with E-state index in [1.54, 1.807) is 0 Å². The molecule has 1 aliphatic heterocycles. The van der Waals surface area contributed by atoms with E-state index < -0.39 is 0 Å². The maximum atomic E-state index is 6.14. The van der Waals surface area contributed by atoms with Gasteiger partial charge in [0.15, 0.2) is 0 Å². The van der Waals surface area contributed by atoms with Crippen molar-refractivity contribution in [3.63, 3.8) is 0 Å². The Labute approximate surface area is 114 Å². The van der Waals surface area contributed by atoms with E-state index >= 15 is 0 Å². The molecule has 0 bridgehead atoms. The first-order valence-electron chi connectivity index (χ1n) is 8.17. The summed E-state index contributed by atoms with van der Waals surface area (Å²) in [4.78, 5) is 2.72. The summed E-state index contributed by atoms with van der Waals surface area (Å²) in [6.45, 7) is 10.3. The average Bonchev–Trinajstić information content (AvgIpc) is 2.42. The minimum atomic E-state index is 0.299. The molecule has 0 aliphatic carbocycles. The van der Waals surface area contributed by atoms with Gasteiger partial charge in [0, 0.05) is 12.1 Å². The summed E-state index contributed by atoms with van der Waals surface area (Å²) in [6.07, 6.45) is 10.6. The summed E-state index contributed by atoms with van der Waals surface area (Å²) in [5.41, 5.74) is 6.44. The molecule has 0 spiro atoms. The van der Waals surface area contributed by atoms with Crippen molar-refractivity contribution in [3.8, 4) is 0 Å². The zero-order valence-corrected chi connectivity index (χ0v) is 12.9. The lowest BCUT2D eigenvalue weighted by Gasteiger charge is -2.46. The first-order chi connectivity index (χ1) is 8.72. The van der Waals surface area contributed by atoms with E-state index in [1.165, 1.54) is 64.5 Å². The normalized spacial score (nSPS) is 22.0. The third-order valence-corrected chi connectivity index (χ3v) is 5.02. The molecule has 2 heteroatoms. The molecule has 0 aromatic rings. The molecule has 2 nitrogen and oxygen atoms in total. The molecule has 0 aromatic heterocycles. The highest BCUT2D eigenvalue weighted by Gasteiger charge is 2.35. The van der Waals surface area contributed by atoms with Gasteiger partial charge in [0.25, 0.3) is 0 Å². The van der Waals surface area contributed by atoms with Crippen molar-refractivity contribution in [2.75, 3.05) is 19.6 Å². The van der Waals surface area contributed by atoms with Gasteiger partial charge in [0.2, 0.25) is 0 Å². The number of hydrogen-bond donors (Lipinski definition) is 1. The molecule has 1 heterocycles. The van der Waals surface area contributed by atoms with Gasteiger partial charge in [-0.3, -0.25) is 4.90 Å². The predicted molar refractivity (Wildman–Crippen MR) is 80.8 cm³/mol. The van der Waals surface area contributed by atoms with Crippen LogP contribution in [0.3, 0.4) is 0 Å². The molecule has 1 rings (SSSR count). The second-order valence-electron chi connectivity index (χ2n) is 6.10. The Morgan fingerprint density at radius 1 is 1.11 bits per heavy atom. The minimum absolute atomic E-state index is 0.299. The summed E-state index contributed by atoms with van der Waals surface area (Å²) < 4.78 is 0. The number of nitrogens with zero attached hydrogens (tertiary/aromatic N) is 1. The standard InChI is InChI=1S/C16H34N2/c1-4-7-11-16(6-3,14-17)18-12-9-15(8-5-2)10-13-18/h15H,4-14,17H2,1-3H3. The van der Waals surface area contributed by atoms with Crippen molar-refractivity contribution >= 4 is 0 Å². The zero-order chi connectivity index (χ0) is 13.4. The van der Waals surface area contributed by atoms with Crippen LogP contribution in [0.5, 0.6) is 0 Å². The molecule has 0 radical (unpaired) electrons. The van der Waals surface area contributed by atoms with Crippen LogP contribution >= 0.6 is 0 Å². The maximum absolute atomic E-state index is 6.14. The molecule has 0 aromatic carbocycles. The van der Waals surface area contributed by atoms with Gasteiger partial charge >= 0.3 is 0 Å². The van der Waals surface area contributed by atoms with Gasteiger partial charge in [-0.25, -0.2) is 0 Å². The smallest absolute Gasteiger partial charge is 0.0329 e. The van der Waals surface area contributed by atoms with E-state index in [2.05, 4.69) is 25.7 Å². The molecule has 0 amide bonds. The predicted octanol–water partition coefficient (Wildman–Crippen LogP) is 3.80. The molecule has 1 atom stereocenters. The van der Waals surface area contributed by atoms with Gasteiger partial charge in [0.1, 0.15) is 0 Å². The molecule has 1 aliphatic rings. The van der Waals surface area contributed by atoms with E-state index in [0.29, 0.717) is 5.54 Å². The third kappa shape index (κ3) is 3.96. The Bertz CT molecular complexity index is 203. The van der Waals surface area contributed by atoms with Crippen LogP contribution in [0.2, 0.25) is 0 Å². The highest BCUT2D eigenvalue weighted by Crippen LogP contribution is 2.31. The molecule has 1 saturated heterocycles. The van der Waals surface area contributed by atoms with Crippen molar-refractivity contribution in [2.45, 2.75) is 77.7 Å². The van der Waals surface area contributed by atoms with Gasteiger partial charge < -0.3 is 5.73 Å². The highest BCUT2D eigenvalue weighted by atomic mass is 15.2. The molecule has 1 unspecified atom stereocenters. The number of unbranched alkanes of at least 4 members (excludes halogenated alkanes) is 1. The Balaban J connectivity index is 2.54. The lowest BCUT2D eigenvalue weighted by atomic mass is 9.83. The van der Waals surface area contributed by atoms with Gasteiger partial charge in [-0.2, -0.15) is 0 Å². The minimum Gasteiger partial charge on any atom is -0.329 e. The van der Waals surface area contributed by atoms with Crippen molar-refractivity contribution in [1.82, 2.24) is 4.90 Å². The SMILES string of the molecule is CCCCC(CC)(CN)N1CCC(CCC)CC1. The topological polar surface area (TPSA) is 29.3 Å². The highest BCUT2D eigenvalue weighted by molar-refractivity contribution is 4.92. The third-order valence-electron chi connectivity index (χ3n) is 5.02. The quantitative estimate of drug-likeness (QED) is 0.714. The fourth-order valence-corrected chi connectivity index (χ4v) is 3.54. The molecule has 1 fully saturated rings. The van der Waals surface area contributed by atoms with Crippen LogP contribution < -0.4 is 5.73 Å². The van der Waals surface area contributed by atoms with Crippen molar-refractivity contribution in [2.24, 2.45) is 11.7 Å². The fraction of sp³-hybridized carbons (Fsp3) is 1.00. The Morgan fingerprint density at radius 2 is 1.78 bits per heavy atom. The fourth-order valence-electron chi connectivity index (χ4n) is 3.54. The summed E-state index contributed by atoms with van der Waals surface area (Å²) in [5.74, 6) is 0.977. The van der Waals surface area contributed by atoms with Gasteiger partial charge in [-0.1, -0.05) is 46.5 Å². The van der Waals surface area contributed by atoms with E-state index in [1.807, 2.05) is 0 Å². The van der Waals surface area contributed by atoms with Crippen LogP contribution in [0.1, 0.15) is 72.1 Å². The zero-order valence-electron chi connectivity index (χ0n) is 12.9. The summed E-state index contributed by atoms with van der Waals surface area (Å²) in [6, 6.07) is 0. The number of rotatable bonds is 8. The molecule has 18 heavy (non-hydrogen) atoms. The van der Waals surface area contributed by atoms with Gasteiger partial charge in [-0.15, -0.1) is 0 Å². The Morgan fingerprint density at radius 3 is 2.22 bits per heavy atom. The lowest BCUT2D eigenvalue weighted by molar-refractivity contribution is 0.0415. The first kappa shape index (κ1) is 16.0. The van der Waals surface area contributed by atoms with E-state index in [9.17, 15) is 0 Å². The second-order valence-corrected chi connectivity index (χ2v) is 6.10. The molecule has 108 valence electrons. The van der Waals surface area contributed by atoms with E-state index in [0.717, 1.165) is 12.5 Å². The number of likely N-dealkylation sites (tertiary alicyclic amines) is 1. The van der Waals surface area contributed by atoms with Crippen LogP contribution in [0, 0.1) is 5.92 Å². The molecular weight excluding hydrogens is 220 g/mol. The van der Waals surface area contributed by atoms with E-state index in [4.69, 9.17) is 5.73 Å². The number of nitrogens with two attached hydrogens (primary N) is 1. The van der Waals surface area contributed by atoms with Crippen molar-refractivity contribution < 1.29 is 0 Å². The number of piperidine rings is 1. The number of hydrogen-bond acceptors (Lipinski definition) is 2. The van der Waals surface area contributed by atoms with Crippen LogP contribution in [-0.4, -0.2) is 30.1 Å². The molecule has 0 saturated carbocycles.